The van der Waals surface area contributed by atoms with Gasteiger partial charge in [0.15, 0.2) is 0 Å². The van der Waals surface area contributed by atoms with Gasteiger partial charge in [-0.25, -0.2) is 0 Å². The molecule has 1 aliphatic heterocycles. The summed E-state index contributed by atoms with van der Waals surface area (Å²) in [6.45, 7) is 2.71. The Kier molecular flexibility index (Phi) is 3.37. The monoisotopic (exact) mass is 321 g/mol. The number of hydrogen-bond donors (Lipinski definition) is 1. The minimum Gasteiger partial charge on any atom is -0.493 e. The van der Waals surface area contributed by atoms with Gasteiger partial charge >= 0.3 is 0 Å². The first-order chi connectivity index (χ1) is 9.19. The quantitative estimate of drug-likeness (QED) is 0.938. The molecule has 3 nitrogen and oxygen atoms in total. The van der Waals surface area contributed by atoms with E-state index >= 15 is 0 Å². The fourth-order valence-electron chi connectivity index (χ4n) is 2.57. The van der Waals surface area contributed by atoms with Crippen LogP contribution in [0.15, 0.2) is 33.2 Å². The van der Waals surface area contributed by atoms with Crippen LogP contribution in [0, 0.1) is 6.92 Å². The molecule has 3 rings (SSSR count). The fraction of sp³-hybridized carbons (Fsp3) is 0.333. The van der Waals surface area contributed by atoms with Gasteiger partial charge in [0, 0.05) is 16.5 Å². The van der Waals surface area contributed by atoms with Gasteiger partial charge in [0.25, 0.3) is 0 Å². The number of furan rings is 1. The minimum absolute atomic E-state index is 0.0121. The van der Waals surface area contributed by atoms with Crippen LogP contribution in [0.1, 0.15) is 28.7 Å². The van der Waals surface area contributed by atoms with Crippen molar-refractivity contribution in [1.82, 2.24) is 5.32 Å². The summed E-state index contributed by atoms with van der Waals surface area (Å²) in [5.74, 6) is 2.83. The molecule has 0 bridgehead atoms. The molecule has 1 aliphatic rings. The standard InChI is InChI=1S/C15H16BrNO2/c1-9-3-4-13(19-9)14(17-2)12-8-11(16)7-10-5-6-18-15(10)12/h3-4,7-8,14,17H,5-6H2,1-2H3. The first-order valence-corrected chi connectivity index (χ1v) is 7.17. The van der Waals surface area contributed by atoms with Crippen LogP contribution in [0.4, 0.5) is 0 Å². The molecule has 0 fully saturated rings. The van der Waals surface area contributed by atoms with E-state index in [1.807, 2.05) is 26.1 Å². The van der Waals surface area contributed by atoms with Gasteiger partial charge in [-0.15, -0.1) is 0 Å². The molecule has 0 aliphatic carbocycles. The van der Waals surface area contributed by atoms with E-state index in [4.69, 9.17) is 9.15 Å². The molecule has 2 aromatic rings. The van der Waals surface area contributed by atoms with Crippen molar-refractivity contribution in [2.24, 2.45) is 0 Å². The molecule has 1 N–H and O–H groups in total. The smallest absolute Gasteiger partial charge is 0.127 e. The Labute approximate surface area is 121 Å². The third-order valence-electron chi connectivity index (χ3n) is 3.42. The van der Waals surface area contributed by atoms with Crippen LogP contribution >= 0.6 is 15.9 Å². The highest BCUT2D eigenvalue weighted by Crippen LogP contribution is 2.38. The Morgan fingerprint density at radius 1 is 1.32 bits per heavy atom. The second-order valence-corrected chi connectivity index (χ2v) is 5.67. The van der Waals surface area contributed by atoms with E-state index in [1.54, 1.807) is 0 Å². The van der Waals surface area contributed by atoms with Crippen molar-refractivity contribution in [2.75, 3.05) is 13.7 Å². The Morgan fingerprint density at radius 2 is 2.16 bits per heavy atom. The molecular weight excluding hydrogens is 306 g/mol. The van der Waals surface area contributed by atoms with E-state index in [-0.39, 0.29) is 6.04 Å². The maximum Gasteiger partial charge on any atom is 0.127 e. The van der Waals surface area contributed by atoms with Gasteiger partial charge in [-0.05, 0) is 43.8 Å². The van der Waals surface area contributed by atoms with Crippen molar-refractivity contribution in [3.05, 3.63) is 51.4 Å². The highest BCUT2D eigenvalue weighted by molar-refractivity contribution is 9.10. The predicted molar refractivity (Wildman–Crippen MR) is 77.7 cm³/mol. The molecule has 1 unspecified atom stereocenters. The highest BCUT2D eigenvalue weighted by atomic mass is 79.9. The van der Waals surface area contributed by atoms with E-state index < -0.39 is 0 Å². The van der Waals surface area contributed by atoms with Gasteiger partial charge in [0.05, 0.1) is 12.6 Å². The summed E-state index contributed by atoms with van der Waals surface area (Å²) in [5, 5.41) is 3.31. The van der Waals surface area contributed by atoms with Gasteiger partial charge in [-0.1, -0.05) is 15.9 Å². The lowest BCUT2D eigenvalue weighted by atomic mass is 10.0. The lowest BCUT2D eigenvalue weighted by molar-refractivity contribution is 0.347. The van der Waals surface area contributed by atoms with Gasteiger partial charge in [-0.3, -0.25) is 0 Å². The zero-order chi connectivity index (χ0) is 13.4. The molecule has 1 aromatic heterocycles. The number of fused-ring (bicyclic) bond motifs is 1. The molecule has 0 spiro atoms. The topological polar surface area (TPSA) is 34.4 Å². The lowest BCUT2D eigenvalue weighted by Crippen LogP contribution is -2.17. The summed E-state index contributed by atoms with van der Waals surface area (Å²) in [5.41, 5.74) is 2.38. The summed E-state index contributed by atoms with van der Waals surface area (Å²) in [6.07, 6.45) is 0.968. The minimum atomic E-state index is 0.0121. The van der Waals surface area contributed by atoms with Crippen LogP contribution in [-0.2, 0) is 6.42 Å². The van der Waals surface area contributed by atoms with Crippen molar-refractivity contribution >= 4 is 15.9 Å². The Bertz CT molecular complexity index is 606. The van der Waals surface area contributed by atoms with E-state index in [0.717, 1.165) is 40.3 Å². The van der Waals surface area contributed by atoms with Gasteiger partial charge < -0.3 is 14.5 Å². The van der Waals surface area contributed by atoms with Crippen LogP contribution in [0.25, 0.3) is 0 Å². The van der Waals surface area contributed by atoms with Crippen molar-refractivity contribution in [3.63, 3.8) is 0 Å². The Balaban J connectivity index is 2.09. The van der Waals surface area contributed by atoms with Crippen LogP contribution < -0.4 is 10.1 Å². The molecule has 100 valence electrons. The van der Waals surface area contributed by atoms with Crippen LogP contribution in [0.3, 0.4) is 0 Å². The number of rotatable bonds is 3. The van der Waals surface area contributed by atoms with Crippen LogP contribution in [0.5, 0.6) is 5.75 Å². The molecule has 0 saturated carbocycles. The average molecular weight is 322 g/mol. The maximum atomic E-state index is 5.79. The van der Waals surface area contributed by atoms with Crippen LogP contribution in [0.2, 0.25) is 0 Å². The zero-order valence-electron chi connectivity index (χ0n) is 11.0. The molecule has 0 radical (unpaired) electrons. The number of aryl methyl sites for hydroxylation is 1. The molecule has 2 heterocycles. The third-order valence-corrected chi connectivity index (χ3v) is 3.88. The van der Waals surface area contributed by atoms with Crippen molar-refractivity contribution in [2.45, 2.75) is 19.4 Å². The number of halogens is 1. The molecule has 19 heavy (non-hydrogen) atoms. The second kappa shape index (κ2) is 5.02. The van der Waals surface area contributed by atoms with Crippen molar-refractivity contribution in [3.8, 4) is 5.75 Å². The van der Waals surface area contributed by atoms with Crippen molar-refractivity contribution < 1.29 is 9.15 Å². The molecule has 1 aromatic carbocycles. The predicted octanol–water partition coefficient (Wildman–Crippen LogP) is 3.59. The summed E-state index contributed by atoms with van der Waals surface area (Å²) < 4.78 is 12.6. The Hall–Kier alpha value is -1.26. The van der Waals surface area contributed by atoms with Gasteiger partial charge in [0.1, 0.15) is 17.3 Å². The summed E-state index contributed by atoms with van der Waals surface area (Å²) in [4.78, 5) is 0. The molecular formula is C15H16BrNO2. The summed E-state index contributed by atoms with van der Waals surface area (Å²) in [7, 11) is 1.94. The fourth-order valence-corrected chi connectivity index (χ4v) is 3.09. The lowest BCUT2D eigenvalue weighted by Gasteiger charge is -2.18. The Morgan fingerprint density at radius 3 is 2.84 bits per heavy atom. The van der Waals surface area contributed by atoms with E-state index in [9.17, 15) is 0 Å². The summed E-state index contributed by atoms with van der Waals surface area (Å²) in [6, 6.07) is 8.24. The maximum absolute atomic E-state index is 5.79. The first-order valence-electron chi connectivity index (χ1n) is 6.37. The molecule has 1 atom stereocenters. The van der Waals surface area contributed by atoms with Crippen molar-refractivity contribution in [1.29, 1.82) is 0 Å². The third kappa shape index (κ3) is 2.30. The van der Waals surface area contributed by atoms with Gasteiger partial charge in [0.2, 0.25) is 0 Å². The molecule has 4 heteroatoms. The molecule has 0 amide bonds. The normalized spacial score (nSPS) is 15.1. The number of nitrogens with one attached hydrogen (secondary N) is 1. The SMILES string of the molecule is CNC(c1ccc(C)o1)c1cc(Br)cc2c1OCC2. The number of benzene rings is 1. The largest absolute Gasteiger partial charge is 0.493 e. The van der Waals surface area contributed by atoms with Gasteiger partial charge in [-0.2, -0.15) is 0 Å². The highest BCUT2D eigenvalue weighted by Gasteiger charge is 2.25. The average Bonchev–Trinajstić information content (AvgIpc) is 2.99. The molecule has 0 saturated heterocycles. The number of ether oxygens (including phenoxy) is 1. The first kappa shape index (κ1) is 12.8. The summed E-state index contributed by atoms with van der Waals surface area (Å²) >= 11 is 3.58. The second-order valence-electron chi connectivity index (χ2n) is 4.75. The van der Waals surface area contributed by atoms with E-state index in [1.165, 1.54) is 5.56 Å². The number of hydrogen-bond acceptors (Lipinski definition) is 3. The van der Waals surface area contributed by atoms with E-state index in [0.29, 0.717) is 0 Å². The van der Waals surface area contributed by atoms with Crippen LogP contribution in [-0.4, -0.2) is 13.7 Å². The van der Waals surface area contributed by atoms with E-state index in [2.05, 4.69) is 33.4 Å². The zero-order valence-corrected chi connectivity index (χ0v) is 12.6.